The number of aromatic nitrogens is 2. The maximum atomic E-state index is 13.2. The first-order chi connectivity index (χ1) is 15.3. The van der Waals surface area contributed by atoms with Crippen LogP contribution in [0.3, 0.4) is 0 Å². The van der Waals surface area contributed by atoms with E-state index in [0.29, 0.717) is 31.1 Å². The Morgan fingerprint density at radius 1 is 1.22 bits per heavy atom. The van der Waals surface area contributed by atoms with Crippen LogP contribution in [0.15, 0.2) is 48.4 Å². The molecule has 1 fully saturated rings. The van der Waals surface area contributed by atoms with Crippen LogP contribution < -0.4 is 15.0 Å². The Bertz CT molecular complexity index is 922. The van der Waals surface area contributed by atoms with Gasteiger partial charge in [-0.1, -0.05) is 0 Å². The fourth-order valence-electron chi connectivity index (χ4n) is 2.95. The molecule has 3 rings (SSSR count). The summed E-state index contributed by atoms with van der Waals surface area (Å²) in [5.41, 5.74) is 0.509. The van der Waals surface area contributed by atoms with Crippen LogP contribution in [0.25, 0.3) is 11.4 Å². The van der Waals surface area contributed by atoms with Crippen molar-refractivity contribution in [2.45, 2.75) is 26.4 Å². The van der Waals surface area contributed by atoms with E-state index in [-0.39, 0.29) is 18.7 Å². The van der Waals surface area contributed by atoms with Crippen LogP contribution >= 0.6 is 0 Å². The second-order valence-electron chi connectivity index (χ2n) is 8.27. The Morgan fingerprint density at radius 2 is 1.94 bits per heavy atom. The summed E-state index contributed by atoms with van der Waals surface area (Å²) >= 11 is 0. The quantitative estimate of drug-likeness (QED) is 0.696. The zero-order valence-electron chi connectivity index (χ0n) is 18.6. The van der Waals surface area contributed by atoms with E-state index in [0.717, 1.165) is 24.5 Å². The van der Waals surface area contributed by atoms with Crippen LogP contribution in [0, 0.1) is 0 Å². The van der Waals surface area contributed by atoms with Gasteiger partial charge < -0.3 is 24.4 Å². The van der Waals surface area contributed by atoms with Gasteiger partial charge in [0.2, 0.25) is 0 Å². The van der Waals surface area contributed by atoms with Gasteiger partial charge in [-0.15, -0.1) is 0 Å². The molecule has 1 saturated heterocycles. The third-order valence-corrected chi connectivity index (χ3v) is 4.53. The number of nitrogens with zero attached hydrogens (tertiary/aromatic N) is 3. The van der Waals surface area contributed by atoms with Crippen LogP contribution in [0.2, 0.25) is 0 Å². The number of morpholine rings is 1. The Labute approximate surface area is 187 Å². The van der Waals surface area contributed by atoms with Gasteiger partial charge in [-0.25, -0.2) is 19.2 Å². The number of rotatable bonds is 7. The summed E-state index contributed by atoms with van der Waals surface area (Å²) in [6.07, 6.45) is 1.56. The van der Waals surface area contributed by atoms with E-state index in [9.17, 15) is 9.18 Å². The zero-order valence-corrected chi connectivity index (χ0v) is 18.6. The Kier molecular flexibility index (Phi) is 7.99. The minimum absolute atomic E-state index is 0.00530. The van der Waals surface area contributed by atoms with Crippen molar-refractivity contribution in [2.75, 3.05) is 44.4 Å². The lowest BCUT2D eigenvalue weighted by molar-refractivity contribution is 0.0531. The maximum absolute atomic E-state index is 13.2. The third kappa shape index (κ3) is 7.19. The highest BCUT2D eigenvalue weighted by molar-refractivity contribution is 5.68. The lowest BCUT2D eigenvalue weighted by Crippen LogP contribution is -2.36. The van der Waals surface area contributed by atoms with Crippen molar-refractivity contribution >= 4 is 11.9 Å². The van der Waals surface area contributed by atoms with E-state index < -0.39 is 11.7 Å². The molecule has 32 heavy (non-hydrogen) atoms. The molecule has 8 nitrogen and oxygen atoms in total. The molecule has 0 spiro atoms. The van der Waals surface area contributed by atoms with Gasteiger partial charge in [0.05, 0.1) is 19.5 Å². The number of alkyl carbamates (subject to hydrolysis) is 1. The molecule has 2 heterocycles. The van der Waals surface area contributed by atoms with Crippen molar-refractivity contribution in [3.63, 3.8) is 0 Å². The fourth-order valence-corrected chi connectivity index (χ4v) is 2.95. The molecule has 0 atom stereocenters. The van der Waals surface area contributed by atoms with Crippen molar-refractivity contribution in [3.8, 4) is 17.1 Å². The smallest absolute Gasteiger partial charge is 0.407 e. The number of hydrogen-bond donors (Lipinski definition) is 1. The highest BCUT2D eigenvalue weighted by atomic mass is 19.1. The van der Waals surface area contributed by atoms with Crippen molar-refractivity contribution in [1.29, 1.82) is 0 Å². The number of ether oxygens (including phenoxy) is 3. The molecule has 172 valence electrons. The molecule has 1 aromatic carbocycles. The van der Waals surface area contributed by atoms with Gasteiger partial charge in [0.1, 0.15) is 23.8 Å². The summed E-state index contributed by atoms with van der Waals surface area (Å²) in [7, 11) is 0. The van der Waals surface area contributed by atoms with Gasteiger partial charge in [-0.3, -0.25) is 0 Å². The SMILES string of the molecule is CC(C)(C)OC(=O)NC/C(=C\F)COc1ccc(-c2nccc(N3CCOCC3)n2)cc1. The molecule has 0 unspecified atom stereocenters. The molecular weight excluding hydrogens is 415 g/mol. The van der Waals surface area contributed by atoms with E-state index in [2.05, 4.69) is 20.2 Å². The largest absolute Gasteiger partial charge is 0.489 e. The molecule has 1 aliphatic heterocycles. The van der Waals surface area contributed by atoms with E-state index >= 15 is 0 Å². The van der Waals surface area contributed by atoms with Gasteiger partial charge in [-0.05, 0) is 51.1 Å². The van der Waals surface area contributed by atoms with Crippen LogP contribution in [0.5, 0.6) is 5.75 Å². The summed E-state index contributed by atoms with van der Waals surface area (Å²) in [5.74, 6) is 2.05. The lowest BCUT2D eigenvalue weighted by Gasteiger charge is -2.27. The number of hydrogen-bond acceptors (Lipinski definition) is 7. The van der Waals surface area contributed by atoms with Crippen LogP contribution in [0.4, 0.5) is 15.0 Å². The second kappa shape index (κ2) is 10.9. The van der Waals surface area contributed by atoms with Crippen LogP contribution in [0.1, 0.15) is 20.8 Å². The van der Waals surface area contributed by atoms with Crippen LogP contribution in [-0.4, -0.2) is 61.1 Å². The molecule has 0 bridgehead atoms. The maximum Gasteiger partial charge on any atom is 0.407 e. The zero-order chi connectivity index (χ0) is 23.0. The summed E-state index contributed by atoms with van der Waals surface area (Å²) in [6.45, 7) is 8.24. The summed E-state index contributed by atoms with van der Waals surface area (Å²) in [4.78, 5) is 22.9. The van der Waals surface area contributed by atoms with E-state index in [4.69, 9.17) is 14.2 Å². The molecular formula is C23H29FN4O4. The number of carbonyl (C=O) groups excluding carboxylic acids is 1. The van der Waals surface area contributed by atoms with E-state index in [1.54, 1.807) is 39.1 Å². The number of halogens is 1. The standard InChI is InChI=1S/C23H29FN4O4/c1-23(2,3)32-22(29)26-15-17(14-24)16-31-19-6-4-18(5-7-19)21-25-9-8-20(27-21)28-10-12-30-13-11-28/h4-9,14H,10-13,15-16H2,1-3H3,(H,26,29)/b17-14+. The molecule has 1 N–H and O–H groups in total. The predicted octanol–water partition coefficient (Wildman–Crippen LogP) is 3.74. The van der Waals surface area contributed by atoms with Crippen molar-refractivity contribution in [3.05, 3.63) is 48.4 Å². The van der Waals surface area contributed by atoms with E-state index in [1.165, 1.54) is 0 Å². The van der Waals surface area contributed by atoms with Gasteiger partial charge in [0.25, 0.3) is 0 Å². The summed E-state index contributed by atoms with van der Waals surface area (Å²) in [6, 6.07) is 9.15. The average molecular weight is 445 g/mol. The molecule has 0 radical (unpaired) electrons. The van der Waals surface area contributed by atoms with Gasteiger partial charge in [0, 0.05) is 37.0 Å². The lowest BCUT2D eigenvalue weighted by atomic mass is 10.2. The minimum atomic E-state index is -0.618. The monoisotopic (exact) mass is 444 g/mol. The third-order valence-electron chi connectivity index (χ3n) is 4.53. The summed E-state index contributed by atoms with van der Waals surface area (Å²) in [5, 5.41) is 2.51. The van der Waals surface area contributed by atoms with Crippen LogP contribution in [-0.2, 0) is 9.47 Å². The fraction of sp³-hybridized carbons (Fsp3) is 0.435. The number of amides is 1. The Hall–Kier alpha value is -3.20. The normalized spacial score (nSPS) is 14.8. The molecule has 1 aromatic heterocycles. The van der Waals surface area contributed by atoms with E-state index in [1.807, 2.05) is 18.2 Å². The minimum Gasteiger partial charge on any atom is -0.489 e. The van der Waals surface area contributed by atoms with Crippen molar-refractivity contribution in [1.82, 2.24) is 15.3 Å². The molecule has 9 heteroatoms. The second-order valence-corrected chi connectivity index (χ2v) is 8.27. The van der Waals surface area contributed by atoms with Crippen molar-refractivity contribution in [2.24, 2.45) is 0 Å². The number of benzene rings is 1. The highest BCUT2D eigenvalue weighted by Gasteiger charge is 2.16. The number of anilines is 1. The topological polar surface area (TPSA) is 85.8 Å². The number of nitrogens with one attached hydrogen (secondary N) is 1. The number of carbonyl (C=O) groups is 1. The average Bonchev–Trinajstić information content (AvgIpc) is 2.79. The first-order valence-corrected chi connectivity index (χ1v) is 10.5. The Balaban J connectivity index is 1.54. The van der Waals surface area contributed by atoms with Gasteiger partial charge in [-0.2, -0.15) is 0 Å². The highest BCUT2D eigenvalue weighted by Crippen LogP contribution is 2.22. The molecule has 2 aromatic rings. The molecule has 1 aliphatic rings. The van der Waals surface area contributed by atoms with Gasteiger partial charge in [0.15, 0.2) is 5.82 Å². The first kappa shape index (κ1) is 23.5. The van der Waals surface area contributed by atoms with Gasteiger partial charge >= 0.3 is 6.09 Å². The molecule has 0 saturated carbocycles. The summed E-state index contributed by atoms with van der Waals surface area (Å²) < 4.78 is 29.3. The first-order valence-electron chi connectivity index (χ1n) is 10.5. The van der Waals surface area contributed by atoms with Crippen molar-refractivity contribution < 1.29 is 23.4 Å². The predicted molar refractivity (Wildman–Crippen MR) is 119 cm³/mol. The molecule has 1 amide bonds. The Morgan fingerprint density at radius 3 is 2.59 bits per heavy atom. The molecule has 0 aliphatic carbocycles.